The molecule has 2 fully saturated rings. The summed E-state index contributed by atoms with van der Waals surface area (Å²) in [7, 11) is 1.69. The molecule has 2 saturated heterocycles. The van der Waals surface area contributed by atoms with E-state index < -0.39 is 0 Å². The molecule has 0 unspecified atom stereocenters. The minimum atomic E-state index is -0.350. The summed E-state index contributed by atoms with van der Waals surface area (Å²) >= 11 is 0. The van der Waals surface area contributed by atoms with E-state index in [9.17, 15) is 9.18 Å². The fraction of sp³-hybridized carbons (Fsp3) is 0.550. The van der Waals surface area contributed by atoms with Crippen molar-refractivity contribution in [2.24, 2.45) is 10.9 Å². The summed E-state index contributed by atoms with van der Waals surface area (Å²) in [6.07, 6.45) is 1.55. The Balaban J connectivity index is 1.52. The first-order valence-electron chi connectivity index (χ1n) is 9.63. The van der Waals surface area contributed by atoms with Gasteiger partial charge in [-0.2, -0.15) is 5.26 Å². The Morgan fingerprint density at radius 2 is 2.00 bits per heavy atom. The van der Waals surface area contributed by atoms with Gasteiger partial charge in [-0.05, 0) is 31.0 Å². The van der Waals surface area contributed by atoms with Crippen molar-refractivity contribution in [3.63, 3.8) is 0 Å². The molecular formula is C20H26FN5O2. The number of nitrogens with one attached hydrogen (secondary N) is 1. The van der Waals surface area contributed by atoms with Crippen molar-refractivity contribution in [2.45, 2.75) is 19.4 Å². The molecule has 7 nitrogen and oxygen atoms in total. The number of morpholine rings is 1. The number of aliphatic imine (C=N–C) groups is 1. The standard InChI is InChI=1S/C20H26FN5O2/c1-23-20(24-14-17-12-15(13-22)2-3-18(17)21)26-6-4-16(5-7-26)19(27)25-8-10-28-11-9-25/h2-3,12,16H,4-11,14H2,1H3,(H,23,24). The monoisotopic (exact) mass is 387 g/mol. The molecule has 1 aromatic carbocycles. The second-order valence-electron chi connectivity index (χ2n) is 7.02. The van der Waals surface area contributed by atoms with Crippen molar-refractivity contribution >= 4 is 11.9 Å². The van der Waals surface area contributed by atoms with Crippen molar-refractivity contribution in [1.29, 1.82) is 5.26 Å². The van der Waals surface area contributed by atoms with Gasteiger partial charge in [0.2, 0.25) is 5.91 Å². The predicted octanol–water partition coefficient (Wildman–Crippen LogP) is 1.34. The third kappa shape index (κ3) is 4.78. The molecule has 2 heterocycles. The Kier molecular flexibility index (Phi) is 6.82. The molecule has 1 amide bonds. The Labute approximate surface area is 164 Å². The van der Waals surface area contributed by atoms with Gasteiger partial charge in [0.25, 0.3) is 0 Å². The zero-order chi connectivity index (χ0) is 19.9. The number of ether oxygens (including phenoxy) is 1. The van der Waals surface area contributed by atoms with Crippen LogP contribution in [0.25, 0.3) is 0 Å². The van der Waals surface area contributed by atoms with Gasteiger partial charge in [-0.15, -0.1) is 0 Å². The maximum atomic E-state index is 14.0. The molecule has 0 spiro atoms. The van der Waals surface area contributed by atoms with E-state index in [1.54, 1.807) is 13.1 Å². The van der Waals surface area contributed by atoms with Crippen molar-refractivity contribution < 1.29 is 13.9 Å². The summed E-state index contributed by atoms with van der Waals surface area (Å²) in [6, 6.07) is 6.34. The molecule has 3 rings (SSSR count). The topological polar surface area (TPSA) is 81.0 Å². The largest absolute Gasteiger partial charge is 0.378 e. The van der Waals surface area contributed by atoms with Gasteiger partial charge < -0.3 is 19.9 Å². The molecule has 8 heteroatoms. The first-order chi connectivity index (χ1) is 13.6. The van der Waals surface area contributed by atoms with Crippen LogP contribution in [-0.4, -0.2) is 68.1 Å². The Bertz CT molecular complexity index is 762. The lowest BCUT2D eigenvalue weighted by Gasteiger charge is -2.36. The number of benzene rings is 1. The smallest absolute Gasteiger partial charge is 0.225 e. The minimum Gasteiger partial charge on any atom is -0.378 e. The number of amides is 1. The third-order valence-electron chi connectivity index (χ3n) is 5.29. The number of halogens is 1. The normalized spacial score (nSPS) is 18.7. The van der Waals surface area contributed by atoms with E-state index >= 15 is 0 Å². The van der Waals surface area contributed by atoms with E-state index in [-0.39, 0.29) is 24.2 Å². The van der Waals surface area contributed by atoms with Gasteiger partial charge in [-0.3, -0.25) is 9.79 Å². The number of hydrogen-bond acceptors (Lipinski definition) is 4. The lowest BCUT2D eigenvalue weighted by atomic mass is 9.95. The van der Waals surface area contributed by atoms with E-state index in [1.807, 2.05) is 11.0 Å². The van der Waals surface area contributed by atoms with Crippen LogP contribution >= 0.6 is 0 Å². The van der Waals surface area contributed by atoms with Gasteiger partial charge in [-0.25, -0.2) is 4.39 Å². The fourth-order valence-electron chi connectivity index (χ4n) is 3.67. The van der Waals surface area contributed by atoms with Gasteiger partial charge in [0, 0.05) is 51.3 Å². The number of nitriles is 1. The number of rotatable bonds is 3. The van der Waals surface area contributed by atoms with Crippen LogP contribution in [0.15, 0.2) is 23.2 Å². The number of nitrogens with zero attached hydrogens (tertiary/aromatic N) is 4. The number of carbonyl (C=O) groups is 1. The lowest BCUT2D eigenvalue weighted by molar-refractivity contribution is -0.140. The highest BCUT2D eigenvalue weighted by Crippen LogP contribution is 2.20. The second-order valence-corrected chi connectivity index (χ2v) is 7.02. The van der Waals surface area contributed by atoms with E-state index in [1.165, 1.54) is 12.1 Å². The van der Waals surface area contributed by atoms with Gasteiger partial charge in [0.1, 0.15) is 5.82 Å². The van der Waals surface area contributed by atoms with Crippen LogP contribution in [0.4, 0.5) is 4.39 Å². The molecule has 1 N–H and O–H groups in total. The SMILES string of the molecule is CN=C(NCc1cc(C#N)ccc1F)N1CCC(C(=O)N2CCOCC2)CC1. The van der Waals surface area contributed by atoms with Crippen LogP contribution in [0.1, 0.15) is 24.0 Å². The van der Waals surface area contributed by atoms with Crippen LogP contribution in [0, 0.1) is 23.1 Å². The number of guanidine groups is 1. The highest BCUT2D eigenvalue weighted by molar-refractivity contribution is 5.81. The van der Waals surface area contributed by atoms with Crippen molar-refractivity contribution in [3.8, 4) is 6.07 Å². The van der Waals surface area contributed by atoms with E-state index in [2.05, 4.69) is 15.2 Å². The maximum absolute atomic E-state index is 14.0. The van der Waals surface area contributed by atoms with Crippen molar-refractivity contribution in [2.75, 3.05) is 46.4 Å². The zero-order valence-electron chi connectivity index (χ0n) is 16.2. The number of likely N-dealkylation sites (tertiary alicyclic amines) is 1. The van der Waals surface area contributed by atoms with Crippen LogP contribution in [0.5, 0.6) is 0 Å². The average Bonchev–Trinajstić information content (AvgIpc) is 2.76. The minimum absolute atomic E-state index is 0.0391. The Morgan fingerprint density at radius 1 is 1.29 bits per heavy atom. The highest BCUT2D eigenvalue weighted by atomic mass is 19.1. The van der Waals surface area contributed by atoms with Crippen LogP contribution in [-0.2, 0) is 16.1 Å². The van der Waals surface area contributed by atoms with Crippen molar-refractivity contribution in [1.82, 2.24) is 15.1 Å². The quantitative estimate of drug-likeness (QED) is 0.625. The summed E-state index contributed by atoms with van der Waals surface area (Å²) in [5.74, 6) is 0.592. The lowest BCUT2D eigenvalue weighted by Crippen LogP contribution is -2.49. The second kappa shape index (κ2) is 9.51. The molecule has 28 heavy (non-hydrogen) atoms. The van der Waals surface area contributed by atoms with Crippen LogP contribution in [0.2, 0.25) is 0 Å². The summed E-state index contributed by atoms with van der Waals surface area (Å²) in [6.45, 7) is 4.28. The van der Waals surface area contributed by atoms with E-state index in [0.717, 1.165) is 25.9 Å². The maximum Gasteiger partial charge on any atom is 0.225 e. The molecule has 0 aromatic heterocycles. The summed E-state index contributed by atoms with van der Waals surface area (Å²) in [5, 5.41) is 12.2. The van der Waals surface area contributed by atoms with Gasteiger partial charge in [-0.1, -0.05) is 0 Å². The Morgan fingerprint density at radius 3 is 2.64 bits per heavy atom. The molecule has 0 bridgehead atoms. The van der Waals surface area contributed by atoms with Gasteiger partial charge in [0.05, 0.1) is 24.8 Å². The van der Waals surface area contributed by atoms with Gasteiger partial charge >= 0.3 is 0 Å². The van der Waals surface area contributed by atoms with Crippen LogP contribution < -0.4 is 5.32 Å². The van der Waals surface area contributed by atoms with E-state index in [4.69, 9.17) is 10.00 Å². The number of piperidine rings is 1. The molecule has 0 radical (unpaired) electrons. The molecule has 0 atom stereocenters. The molecule has 1 aromatic rings. The first-order valence-corrected chi connectivity index (χ1v) is 9.63. The molecule has 2 aliphatic rings. The molecule has 150 valence electrons. The zero-order valence-corrected chi connectivity index (χ0v) is 16.2. The first kappa shape index (κ1) is 20.1. The molecule has 0 aliphatic carbocycles. The summed E-state index contributed by atoms with van der Waals surface area (Å²) in [5.41, 5.74) is 0.855. The summed E-state index contributed by atoms with van der Waals surface area (Å²) < 4.78 is 19.3. The van der Waals surface area contributed by atoms with E-state index in [0.29, 0.717) is 43.4 Å². The van der Waals surface area contributed by atoms with Crippen LogP contribution in [0.3, 0.4) is 0 Å². The molecular weight excluding hydrogens is 361 g/mol. The highest BCUT2D eigenvalue weighted by Gasteiger charge is 2.30. The number of hydrogen-bond donors (Lipinski definition) is 1. The third-order valence-corrected chi connectivity index (χ3v) is 5.29. The fourth-order valence-corrected chi connectivity index (χ4v) is 3.67. The summed E-state index contributed by atoms with van der Waals surface area (Å²) in [4.78, 5) is 20.9. The number of carbonyl (C=O) groups excluding carboxylic acids is 1. The average molecular weight is 387 g/mol. The Hall–Kier alpha value is -2.66. The van der Waals surface area contributed by atoms with Crippen molar-refractivity contribution in [3.05, 3.63) is 35.1 Å². The van der Waals surface area contributed by atoms with Gasteiger partial charge in [0.15, 0.2) is 5.96 Å². The molecule has 2 aliphatic heterocycles. The predicted molar refractivity (Wildman–Crippen MR) is 103 cm³/mol. The molecule has 0 saturated carbocycles.